The van der Waals surface area contributed by atoms with Crippen LogP contribution in [0.25, 0.3) is 0 Å². The van der Waals surface area contributed by atoms with Gasteiger partial charge in [0.1, 0.15) is 0 Å². The molecule has 100 valence electrons. The third-order valence-corrected chi connectivity index (χ3v) is 3.55. The molecule has 1 heterocycles. The molecule has 3 heteroatoms. The molecular formula is C15H24N2O. The molecule has 0 spiro atoms. The van der Waals surface area contributed by atoms with Crippen molar-refractivity contribution in [3.63, 3.8) is 0 Å². The number of ether oxygens (including phenoxy) is 1. The summed E-state index contributed by atoms with van der Waals surface area (Å²) in [5.74, 6) is 0.571. The first-order valence-electron chi connectivity index (χ1n) is 6.84. The maximum absolute atomic E-state index is 6.24. The SMILES string of the molecule is CC(C)c1ccc(C(N)CC2CNCCO2)cc1. The standard InChI is InChI=1S/C15H24N2O/c1-11(2)12-3-5-13(6-4-12)15(16)9-14-10-17-7-8-18-14/h3-6,11,14-15,17H,7-10,16H2,1-2H3. The number of benzene rings is 1. The van der Waals surface area contributed by atoms with Gasteiger partial charge in [0.05, 0.1) is 12.7 Å². The summed E-state index contributed by atoms with van der Waals surface area (Å²) in [6.45, 7) is 7.07. The predicted octanol–water partition coefficient (Wildman–Crippen LogP) is 2.19. The number of rotatable bonds is 4. The Morgan fingerprint density at radius 2 is 1.94 bits per heavy atom. The van der Waals surface area contributed by atoms with Crippen molar-refractivity contribution < 1.29 is 4.74 Å². The van der Waals surface area contributed by atoms with Gasteiger partial charge in [0.2, 0.25) is 0 Å². The molecule has 3 N–H and O–H groups in total. The molecule has 2 rings (SSSR count). The van der Waals surface area contributed by atoms with Gasteiger partial charge in [-0.05, 0) is 23.5 Å². The molecule has 3 nitrogen and oxygen atoms in total. The molecule has 0 bridgehead atoms. The smallest absolute Gasteiger partial charge is 0.0718 e. The van der Waals surface area contributed by atoms with Crippen molar-refractivity contribution in [1.29, 1.82) is 0 Å². The lowest BCUT2D eigenvalue weighted by atomic mass is 9.96. The zero-order valence-electron chi connectivity index (χ0n) is 11.4. The molecule has 1 aromatic carbocycles. The highest BCUT2D eigenvalue weighted by Gasteiger charge is 2.18. The van der Waals surface area contributed by atoms with E-state index < -0.39 is 0 Å². The Balaban J connectivity index is 1.93. The van der Waals surface area contributed by atoms with E-state index in [1.807, 2.05) is 0 Å². The number of morpholine rings is 1. The topological polar surface area (TPSA) is 47.3 Å². The largest absolute Gasteiger partial charge is 0.376 e. The maximum atomic E-state index is 6.24. The normalized spacial score (nSPS) is 22.1. The minimum atomic E-state index is 0.0658. The van der Waals surface area contributed by atoms with Crippen LogP contribution in [-0.4, -0.2) is 25.8 Å². The lowest BCUT2D eigenvalue weighted by Gasteiger charge is -2.26. The van der Waals surface area contributed by atoms with Gasteiger partial charge < -0.3 is 15.8 Å². The van der Waals surface area contributed by atoms with E-state index in [1.54, 1.807) is 0 Å². The van der Waals surface area contributed by atoms with Gasteiger partial charge in [-0.25, -0.2) is 0 Å². The first kappa shape index (κ1) is 13.5. The third-order valence-electron chi connectivity index (χ3n) is 3.55. The summed E-state index contributed by atoms with van der Waals surface area (Å²) in [4.78, 5) is 0. The second kappa shape index (κ2) is 6.32. The van der Waals surface area contributed by atoms with Crippen molar-refractivity contribution >= 4 is 0 Å². The van der Waals surface area contributed by atoms with Gasteiger partial charge in [-0.1, -0.05) is 38.1 Å². The Morgan fingerprint density at radius 3 is 2.50 bits per heavy atom. The van der Waals surface area contributed by atoms with E-state index in [0.29, 0.717) is 5.92 Å². The Kier molecular flexibility index (Phi) is 4.75. The van der Waals surface area contributed by atoms with Crippen LogP contribution < -0.4 is 11.1 Å². The fourth-order valence-corrected chi connectivity index (χ4v) is 2.32. The summed E-state index contributed by atoms with van der Waals surface area (Å²) >= 11 is 0. The van der Waals surface area contributed by atoms with Crippen LogP contribution in [0.1, 0.15) is 43.4 Å². The van der Waals surface area contributed by atoms with Gasteiger partial charge in [-0.3, -0.25) is 0 Å². The van der Waals surface area contributed by atoms with Gasteiger partial charge in [-0.15, -0.1) is 0 Å². The van der Waals surface area contributed by atoms with Crippen molar-refractivity contribution in [3.05, 3.63) is 35.4 Å². The Morgan fingerprint density at radius 1 is 1.28 bits per heavy atom. The third kappa shape index (κ3) is 3.55. The summed E-state index contributed by atoms with van der Waals surface area (Å²) in [7, 11) is 0. The van der Waals surface area contributed by atoms with E-state index in [0.717, 1.165) is 26.1 Å². The summed E-state index contributed by atoms with van der Waals surface area (Å²) in [5.41, 5.74) is 8.81. The molecular weight excluding hydrogens is 224 g/mol. The predicted molar refractivity (Wildman–Crippen MR) is 74.7 cm³/mol. The van der Waals surface area contributed by atoms with Crippen LogP contribution >= 0.6 is 0 Å². The minimum absolute atomic E-state index is 0.0658. The van der Waals surface area contributed by atoms with Gasteiger partial charge in [0.15, 0.2) is 0 Å². The van der Waals surface area contributed by atoms with Crippen LogP contribution in [0.2, 0.25) is 0 Å². The molecule has 0 saturated carbocycles. The van der Waals surface area contributed by atoms with Gasteiger partial charge in [0, 0.05) is 19.1 Å². The minimum Gasteiger partial charge on any atom is -0.376 e. The van der Waals surface area contributed by atoms with Crippen LogP contribution in [-0.2, 0) is 4.74 Å². The van der Waals surface area contributed by atoms with E-state index in [1.165, 1.54) is 11.1 Å². The Hall–Kier alpha value is -0.900. The van der Waals surface area contributed by atoms with Gasteiger partial charge in [0.25, 0.3) is 0 Å². The lowest BCUT2D eigenvalue weighted by Crippen LogP contribution is -2.40. The zero-order valence-corrected chi connectivity index (χ0v) is 11.4. The zero-order chi connectivity index (χ0) is 13.0. The van der Waals surface area contributed by atoms with Crippen LogP contribution in [0.4, 0.5) is 0 Å². The van der Waals surface area contributed by atoms with Crippen LogP contribution in [0, 0.1) is 0 Å². The van der Waals surface area contributed by atoms with Crippen molar-refractivity contribution in [1.82, 2.24) is 5.32 Å². The van der Waals surface area contributed by atoms with Crippen molar-refractivity contribution in [3.8, 4) is 0 Å². The lowest BCUT2D eigenvalue weighted by molar-refractivity contribution is 0.0195. The number of nitrogens with one attached hydrogen (secondary N) is 1. The van der Waals surface area contributed by atoms with Gasteiger partial charge >= 0.3 is 0 Å². The molecule has 1 aliphatic heterocycles. The number of hydrogen-bond acceptors (Lipinski definition) is 3. The highest BCUT2D eigenvalue weighted by molar-refractivity contribution is 5.26. The average Bonchev–Trinajstić information content (AvgIpc) is 2.40. The van der Waals surface area contributed by atoms with E-state index in [-0.39, 0.29) is 12.1 Å². The summed E-state index contributed by atoms with van der Waals surface area (Å²) in [6.07, 6.45) is 1.13. The highest BCUT2D eigenvalue weighted by Crippen LogP contribution is 2.21. The van der Waals surface area contributed by atoms with E-state index in [4.69, 9.17) is 10.5 Å². The van der Waals surface area contributed by atoms with Crippen molar-refractivity contribution in [2.45, 2.75) is 38.3 Å². The molecule has 0 radical (unpaired) electrons. The second-order valence-corrected chi connectivity index (χ2v) is 5.36. The molecule has 0 aliphatic carbocycles. The van der Waals surface area contributed by atoms with E-state index in [2.05, 4.69) is 43.4 Å². The molecule has 2 unspecified atom stereocenters. The van der Waals surface area contributed by atoms with Crippen LogP contribution in [0.5, 0.6) is 0 Å². The second-order valence-electron chi connectivity index (χ2n) is 5.36. The maximum Gasteiger partial charge on any atom is 0.0718 e. The van der Waals surface area contributed by atoms with Crippen LogP contribution in [0.3, 0.4) is 0 Å². The van der Waals surface area contributed by atoms with Crippen molar-refractivity contribution in [2.75, 3.05) is 19.7 Å². The molecule has 1 saturated heterocycles. The quantitative estimate of drug-likeness (QED) is 0.858. The highest BCUT2D eigenvalue weighted by atomic mass is 16.5. The monoisotopic (exact) mass is 248 g/mol. The molecule has 1 aliphatic rings. The van der Waals surface area contributed by atoms with E-state index in [9.17, 15) is 0 Å². The van der Waals surface area contributed by atoms with Gasteiger partial charge in [-0.2, -0.15) is 0 Å². The van der Waals surface area contributed by atoms with Crippen molar-refractivity contribution in [2.24, 2.45) is 5.73 Å². The Labute approximate surface area is 110 Å². The first-order chi connectivity index (χ1) is 8.66. The summed E-state index contributed by atoms with van der Waals surface area (Å²) in [5, 5.41) is 3.34. The molecule has 0 aromatic heterocycles. The molecule has 1 fully saturated rings. The fourth-order valence-electron chi connectivity index (χ4n) is 2.32. The Bertz CT molecular complexity index is 355. The molecule has 18 heavy (non-hydrogen) atoms. The van der Waals surface area contributed by atoms with E-state index >= 15 is 0 Å². The molecule has 2 atom stereocenters. The number of nitrogens with two attached hydrogens (primary N) is 1. The molecule has 0 amide bonds. The van der Waals surface area contributed by atoms with Crippen LogP contribution in [0.15, 0.2) is 24.3 Å². The fraction of sp³-hybridized carbons (Fsp3) is 0.600. The molecule has 1 aromatic rings. The average molecular weight is 248 g/mol. The summed E-state index contributed by atoms with van der Waals surface area (Å²) < 4.78 is 5.69. The first-order valence-corrected chi connectivity index (χ1v) is 6.84. The number of hydrogen-bond donors (Lipinski definition) is 2. The summed E-state index contributed by atoms with van der Waals surface area (Å²) in [6, 6.07) is 8.72.